The lowest BCUT2D eigenvalue weighted by molar-refractivity contribution is -0.697. The van der Waals surface area contributed by atoms with Gasteiger partial charge in [0, 0.05) is 10.2 Å². The Bertz CT molecular complexity index is 897. The molecule has 1 aromatic heterocycles. The zero-order chi connectivity index (χ0) is 17.8. The molecule has 0 unspecified atom stereocenters. The van der Waals surface area contributed by atoms with Crippen LogP contribution in [-0.2, 0) is 4.79 Å². The van der Waals surface area contributed by atoms with E-state index in [-0.39, 0.29) is 11.7 Å². The highest BCUT2D eigenvalue weighted by molar-refractivity contribution is 9.10. The summed E-state index contributed by atoms with van der Waals surface area (Å²) in [7, 11) is 0. The van der Waals surface area contributed by atoms with Gasteiger partial charge in [-0.3, -0.25) is 4.79 Å². The third-order valence-corrected chi connectivity index (χ3v) is 5.60. The molecular formula is C17H17BrN5OS+. The fourth-order valence-electron chi connectivity index (χ4n) is 2.28. The van der Waals surface area contributed by atoms with Crippen LogP contribution in [0.25, 0.3) is 5.69 Å². The highest BCUT2D eigenvalue weighted by atomic mass is 79.9. The number of carbonyl (C=O) groups excluding carboxylic acids is 1. The lowest BCUT2D eigenvalue weighted by Crippen LogP contribution is -2.35. The average Bonchev–Trinajstić information content (AvgIpc) is 3.10. The van der Waals surface area contributed by atoms with Crippen molar-refractivity contribution in [2.24, 2.45) is 0 Å². The number of rotatable bonds is 5. The van der Waals surface area contributed by atoms with Crippen LogP contribution >= 0.6 is 27.7 Å². The molecule has 2 aromatic carbocycles. The molecular weight excluding hydrogens is 402 g/mol. The summed E-state index contributed by atoms with van der Waals surface area (Å²) in [6, 6.07) is 13.5. The van der Waals surface area contributed by atoms with Gasteiger partial charge in [-0.2, -0.15) is 0 Å². The number of H-pyrrole nitrogens is 1. The lowest BCUT2D eigenvalue weighted by atomic mass is 10.1. The smallest absolute Gasteiger partial charge is 0.325 e. The first-order chi connectivity index (χ1) is 12.1. The second-order valence-corrected chi connectivity index (χ2v) is 7.23. The van der Waals surface area contributed by atoms with Crippen molar-refractivity contribution in [2.45, 2.75) is 19.0 Å². The van der Waals surface area contributed by atoms with Crippen LogP contribution in [0.3, 0.4) is 0 Å². The number of carbonyl (C=O) groups is 1. The number of aromatic nitrogens is 4. The van der Waals surface area contributed by atoms with Gasteiger partial charge in [-0.15, -0.1) is 4.68 Å². The molecule has 0 saturated carbocycles. The fraction of sp³-hybridized carbons (Fsp3) is 0.176. The first kappa shape index (κ1) is 17.6. The van der Waals surface area contributed by atoms with E-state index in [0.29, 0.717) is 5.16 Å². The quantitative estimate of drug-likeness (QED) is 0.492. The molecule has 0 aliphatic carbocycles. The van der Waals surface area contributed by atoms with E-state index < -0.39 is 0 Å². The fourth-order valence-corrected chi connectivity index (χ4v) is 3.41. The number of amides is 1. The third kappa shape index (κ3) is 4.08. The summed E-state index contributed by atoms with van der Waals surface area (Å²) in [5, 5.41) is 14.3. The van der Waals surface area contributed by atoms with Gasteiger partial charge in [-0.1, -0.05) is 39.3 Å². The predicted octanol–water partition coefficient (Wildman–Crippen LogP) is 3.19. The lowest BCUT2D eigenvalue weighted by Gasteiger charge is -2.11. The van der Waals surface area contributed by atoms with Gasteiger partial charge >= 0.3 is 5.16 Å². The van der Waals surface area contributed by atoms with Crippen LogP contribution in [0.15, 0.2) is 52.1 Å². The van der Waals surface area contributed by atoms with Crippen molar-refractivity contribution < 1.29 is 9.48 Å². The number of hydrogen-bond acceptors (Lipinski definition) is 4. The Hall–Kier alpha value is -2.19. The maximum atomic E-state index is 12.3. The SMILES string of the molecule is Cc1c(Br)ccc(NC(=O)CSc2nn[nH][n+]2-c2ccccc2)c1C. The summed E-state index contributed by atoms with van der Waals surface area (Å²) in [5.41, 5.74) is 3.90. The van der Waals surface area contributed by atoms with Crippen LogP contribution in [0.5, 0.6) is 0 Å². The summed E-state index contributed by atoms with van der Waals surface area (Å²) in [4.78, 5) is 12.3. The van der Waals surface area contributed by atoms with Crippen molar-refractivity contribution in [3.8, 4) is 5.69 Å². The van der Waals surface area contributed by atoms with E-state index in [4.69, 9.17) is 0 Å². The molecule has 8 heteroatoms. The molecule has 1 heterocycles. The number of tetrazole rings is 1. The largest absolute Gasteiger partial charge is 0.365 e. The molecule has 0 radical (unpaired) electrons. The molecule has 3 aromatic rings. The summed E-state index contributed by atoms with van der Waals surface area (Å²) in [5.74, 6) is 0.158. The Morgan fingerprint density at radius 1 is 1.20 bits per heavy atom. The Morgan fingerprint density at radius 2 is 1.96 bits per heavy atom. The van der Waals surface area contributed by atoms with Crippen LogP contribution in [0, 0.1) is 13.8 Å². The zero-order valence-corrected chi connectivity index (χ0v) is 16.2. The Labute approximate surface area is 158 Å². The van der Waals surface area contributed by atoms with Crippen LogP contribution in [0.1, 0.15) is 11.1 Å². The van der Waals surface area contributed by atoms with Gasteiger partial charge in [-0.25, -0.2) is 0 Å². The molecule has 3 rings (SSSR count). The molecule has 25 heavy (non-hydrogen) atoms. The van der Waals surface area contributed by atoms with Crippen molar-refractivity contribution in [2.75, 3.05) is 11.1 Å². The van der Waals surface area contributed by atoms with Crippen molar-refractivity contribution in [1.82, 2.24) is 15.5 Å². The number of halogens is 1. The zero-order valence-electron chi connectivity index (χ0n) is 13.8. The van der Waals surface area contributed by atoms with Crippen LogP contribution in [0.2, 0.25) is 0 Å². The van der Waals surface area contributed by atoms with Crippen LogP contribution in [-0.4, -0.2) is 27.2 Å². The van der Waals surface area contributed by atoms with E-state index in [1.807, 2.05) is 56.3 Å². The van der Waals surface area contributed by atoms with E-state index in [0.717, 1.165) is 27.0 Å². The Balaban J connectivity index is 1.66. The second kappa shape index (κ2) is 7.79. The minimum Gasteiger partial charge on any atom is -0.325 e. The molecule has 128 valence electrons. The minimum absolute atomic E-state index is 0.0857. The third-order valence-electron chi connectivity index (χ3n) is 3.81. The number of anilines is 1. The summed E-state index contributed by atoms with van der Waals surface area (Å²) in [6.07, 6.45) is 0. The molecule has 2 N–H and O–H groups in total. The number of aromatic amines is 1. The van der Waals surface area contributed by atoms with Gasteiger partial charge in [0.05, 0.1) is 5.75 Å². The monoisotopic (exact) mass is 418 g/mol. The molecule has 0 saturated heterocycles. The topological polar surface area (TPSA) is 74.5 Å². The molecule has 0 aliphatic heterocycles. The maximum Gasteiger partial charge on any atom is 0.365 e. The Morgan fingerprint density at radius 3 is 2.72 bits per heavy atom. The van der Waals surface area contributed by atoms with Gasteiger partial charge in [0.2, 0.25) is 5.91 Å². The van der Waals surface area contributed by atoms with Crippen molar-refractivity contribution in [3.63, 3.8) is 0 Å². The van der Waals surface area contributed by atoms with Crippen LogP contribution < -0.4 is 10.00 Å². The number of nitrogens with zero attached hydrogens (tertiary/aromatic N) is 3. The minimum atomic E-state index is -0.0857. The van der Waals surface area contributed by atoms with Gasteiger partial charge in [0.1, 0.15) is 10.8 Å². The first-order valence-electron chi connectivity index (χ1n) is 7.63. The van der Waals surface area contributed by atoms with E-state index in [2.05, 4.69) is 36.8 Å². The molecule has 1 amide bonds. The van der Waals surface area contributed by atoms with Gasteiger partial charge in [0.15, 0.2) is 5.21 Å². The molecule has 0 spiro atoms. The summed E-state index contributed by atoms with van der Waals surface area (Å²) < 4.78 is 2.77. The standard InChI is InChI=1S/C17H16BrN5OS/c1-11-12(2)15(9-8-14(11)18)19-16(24)10-25-17-20-21-22-23(17)13-6-4-3-5-7-13/h3-9H,10H2,1-2H3,(H,19,24)/p+1. The van der Waals surface area contributed by atoms with E-state index in [1.54, 1.807) is 4.68 Å². The molecule has 0 aliphatic rings. The molecule has 6 nitrogen and oxygen atoms in total. The van der Waals surface area contributed by atoms with Crippen molar-refractivity contribution in [1.29, 1.82) is 0 Å². The number of nitrogens with one attached hydrogen (secondary N) is 2. The number of para-hydroxylation sites is 1. The summed E-state index contributed by atoms with van der Waals surface area (Å²) in [6.45, 7) is 4.01. The maximum absolute atomic E-state index is 12.3. The highest BCUT2D eigenvalue weighted by Gasteiger charge is 2.19. The number of hydrogen-bond donors (Lipinski definition) is 2. The van der Waals surface area contributed by atoms with Gasteiger partial charge in [0.25, 0.3) is 0 Å². The Kier molecular flexibility index (Phi) is 5.50. The summed E-state index contributed by atoms with van der Waals surface area (Å²) >= 11 is 4.82. The van der Waals surface area contributed by atoms with Gasteiger partial charge < -0.3 is 5.32 Å². The number of thioether (sulfide) groups is 1. The molecule has 0 fully saturated rings. The van der Waals surface area contributed by atoms with Crippen LogP contribution in [0.4, 0.5) is 5.69 Å². The first-order valence-corrected chi connectivity index (χ1v) is 9.41. The van der Waals surface area contributed by atoms with Crippen molar-refractivity contribution >= 4 is 39.3 Å². The van der Waals surface area contributed by atoms with Gasteiger partial charge in [-0.05, 0) is 61.0 Å². The second-order valence-electron chi connectivity index (χ2n) is 5.44. The molecule has 0 atom stereocenters. The number of benzene rings is 2. The van der Waals surface area contributed by atoms with E-state index in [1.165, 1.54) is 11.8 Å². The highest BCUT2D eigenvalue weighted by Crippen LogP contribution is 2.26. The molecule has 0 bridgehead atoms. The predicted molar refractivity (Wildman–Crippen MR) is 101 cm³/mol. The van der Waals surface area contributed by atoms with Crippen molar-refractivity contribution in [3.05, 3.63) is 58.1 Å². The normalized spacial score (nSPS) is 10.7. The van der Waals surface area contributed by atoms with E-state index in [9.17, 15) is 4.79 Å². The van der Waals surface area contributed by atoms with E-state index >= 15 is 0 Å². The average molecular weight is 419 g/mol.